The van der Waals surface area contributed by atoms with E-state index < -0.39 is 5.79 Å². The molecule has 3 nitrogen and oxygen atoms in total. The van der Waals surface area contributed by atoms with Crippen molar-refractivity contribution in [2.75, 3.05) is 19.8 Å². The van der Waals surface area contributed by atoms with Gasteiger partial charge in [-0.2, -0.15) is 0 Å². The highest BCUT2D eigenvalue weighted by atomic mass is 16.7. The van der Waals surface area contributed by atoms with Crippen molar-refractivity contribution in [2.45, 2.75) is 45.8 Å². The van der Waals surface area contributed by atoms with Crippen LogP contribution >= 0.6 is 0 Å². The van der Waals surface area contributed by atoms with E-state index >= 15 is 0 Å². The second-order valence-electron chi connectivity index (χ2n) is 4.82. The lowest BCUT2D eigenvalue weighted by molar-refractivity contribution is -0.172. The molecule has 0 amide bonds. The second kappa shape index (κ2) is 6.40. The Balaban J connectivity index is 2.43. The van der Waals surface area contributed by atoms with E-state index in [1.807, 2.05) is 13.0 Å². The molecule has 1 aromatic rings. The van der Waals surface area contributed by atoms with Gasteiger partial charge in [-0.15, -0.1) is 0 Å². The van der Waals surface area contributed by atoms with Crippen LogP contribution in [0.15, 0.2) is 18.2 Å². The fourth-order valence-electron chi connectivity index (χ4n) is 2.59. The summed E-state index contributed by atoms with van der Waals surface area (Å²) >= 11 is 0. The van der Waals surface area contributed by atoms with Gasteiger partial charge in [-0.25, -0.2) is 0 Å². The summed E-state index contributed by atoms with van der Waals surface area (Å²) in [6.07, 6.45) is 2.88. The van der Waals surface area contributed by atoms with E-state index in [9.17, 15) is 0 Å². The summed E-state index contributed by atoms with van der Waals surface area (Å²) in [6.45, 7) is 8.27. The molecule has 2 rings (SSSR count). The highest BCUT2D eigenvalue weighted by Crippen LogP contribution is 2.41. The van der Waals surface area contributed by atoms with Gasteiger partial charge in [-0.1, -0.05) is 26.3 Å². The summed E-state index contributed by atoms with van der Waals surface area (Å²) in [5.41, 5.74) is 2.33. The second-order valence-corrected chi connectivity index (χ2v) is 4.82. The van der Waals surface area contributed by atoms with Crippen molar-refractivity contribution in [3.63, 3.8) is 0 Å². The quantitative estimate of drug-likeness (QED) is 0.785. The van der Waals surface area contributed by atoms with Crippen LogP contribution in [-0.4, -0.2) is 19.8 Å². The Morgan fingerprint density at radius 2 is 1.89 bits per heavy atom. The first-order chi connectivity index (χ1) is 9.25. The van der Waals surface area contributed by atoms with Crippen LogP contribution in [0.4, 0.5) is 0 Å². The zero-order valence-electron chi connectivity index (χ0n) is 12.2. The third-order valence-corrected chi connectivity index (χ3v) is 3.50. The lowest BCUT2D eigenvalue weighted by atomic mass is 9.97. The molecule has 1 aromatic carbocycles. The fourth-order valence-corrected chi connectivity index (χ4v) is 2.59. The largest absolute Gasteiger partial charge is 0.493 e. The fraction of sp³-hybridized carbons (Fsp3) is 0.625. The van der Waals surface area contributed by atoms with Crippen molar-refractivity contribution >= 4 is 0 Å². The number of hydrogen-bond donors (Lipinski definition) is 0. The average Bonchev–Trinajstić information content (AvgIpc) is 2.89. The van der Waals surface area contributed by atoms with Gasteiger partial charge in [0.2, 0.25) is 0 Å². The predicted octanol–water partition coefficient (Wildman–Crippen LogP) is 3.65. The van der Waals surface area contributed by atoms with Crippen LogP contribution < -0.4 is 4.74 Å². The molecular formula is C16H24O3. The van der Waals surface area contributed by atoms with Crippen LogP contribution in [0.25, 0.3) is 0 Å². The molecule has 3 heteroatoms. The molecule has 1 heterocycles. The molecule has 19 heavy (non-hydrogen) atoms. The zero-order valence-corrected chi connectivity index (χ0v) is 12.2. The van der Waals surface area contributed by atoms with Crippen LogP contribution in [0.3, 0.4) is 0 Å². The Bertz CT molecular complexity index is 408. The monoisotopic (exact) mass is 264 g/mol. The zero-order chi connectivity index (χ0) is 13.7. The summed E-state index contributed by atoms with van der Waals surface area (Å²) in [7, 11) is 0. The molecule has 0 unspecified atom stereocenters. The number of benzene rings is 1. The summed E-state index contributed by atoms with van der Waals surface area (Å²) in [5, 5.41) is 0. The van der Waals surface area contributed by atoms with Crippen LogP contribution in [-0.2, 0) is 21.7 Å². The van der Waals surface area contributed by atoms with Gasteiger partial charge in [0.1, 0.15) is 5.75 Å². The molecule has 1 saturated heterocycles. The summed E-state index contributed by atoms with van der Waals surface area (Å²) in [4.78, 5) is 0. The highest BCUT2D eigenvalue weighted by molar-refractivity contribution is 5.41. The molecule has 1 aliphatic heterocycles. The van der Waals surface area contributed by atoms with E-state index in [-0.39, 0.29) is 0 Å². The molecule has 0 aromatic heterocycles. The lowest BCUT2D eigenvalue weighted by Crippen LogP contribution is -2.28. The smallest absolute Gasteiger partial charge is 0.198 e. The Kier molecular flexibility index (Phi) is 4.83. The average molecular weight is 264 g/mol. The first-order valence-corrected chi connectivity index (χ1v) is 7.29. The number of aryl methyl sites for hydroxylation is 1. The maximum Gasteiger partial charge on any atom is 0.198 e. The highest BCUT2D eigenvalue weighted by Gasteiger charge is 2.40. The van der Waals surface area contributed by atoms with Gasteiger partial charge in [0.05, 0.1) is 25.4 Å². The SMILES string of the molecule is CCCC1(c2cc(CC)ccc2OCC)OCCO1. The lowest BCUT2D eigenvalue weighted by Gasteiger charge is -2.29. The van der Waals surface area contributed by atoms with Crippen LogP contribution in [0.5, 0.6) is 5.75 Å². The topological polar surface area (TPSA) is 27.7 Å². The molecule has 0 radical (unpaired) electrons. The van der Waals surface area contributed by atoms with Gasteiger partial charge in [0.15, 0.2) is 5.79 Å². The van der Waals surface area contributed by atoms with Crippen molar-refractivity contribution in [2.24, 2.45) is 0 Å². The van der Waals surface area contributed by atoms with Crippen LogP contribution in [0.2, 0.25) is 0 Å². The molecule has 0 saturated carbocycles. The third kappa shape index (κ3) is 2.93. The van der Waals surface area contributed by atoms with E-state index in [1.165, 1.54) is 5.56 Å². The molecule has 0 atom stereocenters. The van der Waals surface area contributed by atoms with Crippen molar-refractivity contribution < 1.29 is 14.2 Å². The van der Waals surface area contributed by atoms with Crippen molar-refractivity contribution in [3.8, 4) is 5.75 Å². The van der Waals surface area contributed by atoms with Gasteiger partial charge in [0.25, 0.3) is 0 Å². The van der Waals surface area contributed by atoms with Crippen LogP contribution in [0.1, 0.15) is 44.7 Å². The maximum absolute atomic E-state index is 5.95. The van der Waals surface area contributed by atoms with E-state index in [2.05, 4.69) is 26.0 Å². The Hall–Kier alpha value is -1.06. The first kappa shape index (κ1) is 14.4. The van der Waals surface area contributed by atoms with E-state index in [1.54, 1.807) is 0 Å². The van der Waals surface area contributed by atoms with Gasteiger partial charge in [-0.05, 0) is 31.0 Å². The molecule has 0 aliphatic carbocycles. The van der Waals surface area contributed by atoms with Gasteiger partial charge < -0.3 is 14.2 Å². The minimum Gasteiger partial charge on any atom is -0.493 e. The normalized spacial score (nSPS) is 17.6. The van der Waals surface area contributed by atoms with Gasteiger partial charge in [-0.3, -0.25) is 0 Å². The van der Waals surface area contributed by atoms with Gasteiger partial charge in [0, 0.05) is 6.42 Å². The maximum atomic E-state index is 5.95. The van der Waals surface area contributed by atoms with Gasteiger partial charge >= 0.3 is 0 Å². The Morgan fingerprint density at radius 1 is 1.16 bits per heavy atom. The molecule has 1 fully saturated rings. The Labute approximate surface area is 115 Å². The molecule has 1 aliphatic rings. The number of ether oxygens (including phenoxy) is 3. The summed E-state index contributed by atoms with van der Waals surface area (Å²) in [6, 6.07) is 6.33. The van der Waals surface area contributed by atoms with Crippen molar-refractivity contribution in [1.82, 2.24) is 0 Å². The van der Waals surface area contributed by atoms with Crippen LogP contribution in [0, 0.1) is 0 Å². The molecular weight excluding hydrogens is 240 g/mol. The minimum absolute atomic E-state index is 0.607. The first-order valence-electron chi connectivity index (χ1n) is 7.29. The van der Waals surface area contributed by atoms with Crippen molar-refractivity contribution in [1.29, 1.82) is 0 Å². The molecule has 0 bridgehead atoms. The molecule has 0 spiro atoms. The molecule has 0 N–H and O–H groups in total. The molecule has 106 valence electrons. The van der Waals surface area contributed by atoms with E-state index in [0.29, 0.717) is 19.8 Å². The Morgan fingerprint density at radius 3 is 2.47 bits per heavy atom. The predicted molar refractivity (Wildman–Crippen MR) is 75.5 cm³/mol. The summed E-state index contributed by atoms with van der Waals surface area (Å²) in [5.74, 6) is 0.278. The third-order valence-electron chi connectivity index (χ3n) is 3.50. The summed E-state index contributed by atoms with van der Waals surface area (Å²) < 4.78 is 17.7. The number of rotatable bonds is 6. The van der Waals surface area contributed by atoms with Crippen molar-refractivity contribution in [3.05, 3.63) is 29.3 Å². The standard InChI is InChI=1S/C16H24O3/c1-4-9-16(18-10-11-19-16)14-12-13(5-2)7-8-15(14)17-6-3/h7-8,12H,4-6,9-11H2,1-3H3. The van der Waals surface area contributed by atoms with E-state index in [0.717, 1.165) is 30.6 Å². The van der Waals surface area contributed by atoms with E-state index in [4.69, 9.17) is 14.2 Å². The number of hydrogen-bond acceptors (Lipinski definition) is 3. The minimum atomic E-state index is -0.607.